The number of urea groups is 1. The van der Waals surface area contributed by atoms with Crippen molar-refractivity contribution in [2.24, 2.45) is 0 Å². The molecule has 0 radical (unpaired) electrons. The van der Waals surface area contributed by atoms with Crippen molar-refractivity contribution in [3.63, 3.8) is 0 Å². The Balaban J connectivity index is 2.33. The van der Waals surface area contributed by atoms with Gasteiger partial charge >= 0.3 is 18.2 Å². The summed E-state index contributed by atoms with van der Waals surface area (Å²) in [6, 6.07) is 7.38. The lowest BCUT2D eigenvalue weighted by molar-refractivity contribution is -0.140. The highest BCUT2D eigenvalue weighted by molar-refractivity contribution is 7.91. The van der Waals surface area contributed by atoms with Crippen molar-refractivity contribution in [1.29, 1.82) is 0 Å². The van der Waals surface area contributed by atoms with Gasteiger partial charge in [0.2, 0.25) is 19.9 Å². The Morgan fingerprint density at radius 1 is 1.00 bits per heavy atom. The molecule has 0 saturated carbocycles. The normalized spacial score (nSPS) is 12.2. The van der Waals surface area contributed by atoms with Crippen molar-refractivity contribution in [3.05, 3.63) is 54.1 Å². The zero-order chi connectivity index (χ0) is 25.7. The summed E-state index contributed by atoms with van der Waals surface area (Å²) in [5, 5.41) is 10.6. The van der Waals surface area contributed by atoms with Crippen LogP contribution in [-0.4, -0.2) is 65.5 Å². The highest BCUT2D eigenvalue weighted by Crippen LogP contribution is 2.36. The third-order valence-corrected chi connectivity index (χ3v) is 7.66. The summed E-state index contributed by atoms with van der Waals surface area (Å²) in [6.07, 6.45) is -5.10. The summed E-state index contributed by atoms with van der Waals surface area (Å²) in [6.45, 7) is -1.55. The zero-order valence-electron chi connectivity index (χ0n) is 17.5. The second-order valence-electron chi connectivity index (χ2n) is 6.84. The number of carboxylic acids is 1. The maximum absolute atomic E-state index is 13.5. The number of hydrogen-bond acceptors (Lipinski definition) is 6. The molecule has 2 rings (SSSR count). The number of hydrogen-bond donors (Lipinski definition) is 3. The van der Waals surface area contributed by atoms with E-state index in [0.717, 1.165) is 4.90 Å². The molecule has 0 aromatic heterocycles. The molecular formula is C19H20F3N3O7S2. The molecule has 34 heavy (non-hydrogen) atoms. The standard InChI is InChI=1S/C19H20F3N3O7S2/c1-25(18(28)23-12-17(26)27)10-9-24-34(31,32)16-11-14(7-8-15(16)19(20,21)22)33(29,30)13-5-3-2-4-6-13/h2-8,11,24H,9-10,12H2,1H3,(H,23,28)(H,26,27). The van der Waals surface area contributed by atoms with Gasteiger partial charge in [0.1, 0.15) is 6.54 Å². The van der Waals surface area contributed by atoms with Crippen molar-refractivity contribution in [2.75, 3.05) is 26.7 Å². The molecule has 15 heteroatoms. The number of rotatable bonds is 9. The Kier molecular flexibility index (Phi) is 8.28. The number of nitrogens with one attached hydrogen (secondary N) is 2. The zero-order valence-corrected chi connectivity index (χ0v) is 19.2. The molecule has 3 N–H and O–H groups in total. The number of sulfone groups is 1. The molecule has 10 nitrogen and oxygen atoms in total. The van der Waals surface area contributed by atoms with Gasteiger partial charge in [-0.25, -0.2) is 26.4 Å². The Bertz CT molecular complexity index is 1270. The maximum atomic E-state index is 13.5. The summed E-state index contributed by atoms with van der Waals surface area (Å²) in [7, 11) is -7.98. The first-order chi connectivity index (χ1) is 15.7. The number of aliphatic carboxylic acids is 1. The Morgan fingerprint density at radius 2 is 1.62 bits per heavy atom. The molecule has 2 amide bonds. The third-order valence-electron chi connectivity index (χ3n) is 4.39. The van der Waals surface area contributed by atoms with Crippen molar-refractivity contribution in [1.82, 2.24) is 14.9 Å². The van der Waals surface area contributed by atoms with Crippen LogP contribution in [0.1, 0.15) is 5.56 Å². The van der Waals surface area contributed by atoms with E-state index in [1.54, 1.807) is 0 Å². The van der Waals surface area contributed by atoms with Crippen LogP contribution in [0.3, 0.4) is 0 Å². The monoisotopic (exact) mass is 523 g/mol. The van der Waals surface area contributed by atoms with Crippen molar-refractivity contribution < 1.29 is 44.7 Å². The van der Waals surface area contributed by atoms with Gasteiger partial charge in [-0.2, -0.15) is 13.2 Å². The summed E-state index contributed by atoms with van der Waals surface area (Å²) >= 11 is 0. The highest BCUT2D eigenvalue weighted by Gasteiger charge is 2.38. The van der Waals surface area contributed by atoms with Crippen molar-refractivity contribution in [3.8, 4) is 0 Å². The minimum absolute atomic E-state index is 0.236. The molecule has 2 aromatic rings. The van der Waals surface area contributed by atoms with Crippen LogP contribution in [0.15, 0.2) is 63.2 Å². The third kappa shape index (κ3) is 6.68. The Hall–Kier alpha value is -3.17. The van der Waals surface area contributed by atoms with Crippen molar-refractivity contribution in [2.45, 2.75) is 20.9 Å². The summed E-state index contributed by atoms with van der Waals surface area (Å²) in [5.41, 5.74) is -1.57. The summed E-state index contributed by atoms with van der Waals surface area (Å²) in [5.74, 6) is -1.31. The number of benzene rings is 2. The number of carbonyl (C=O) groups is 2. The quantitative estimate of drug-likeness (QED) is 0.451. The smallest absolute Gasteiger partial charge is 0.417 e. The number of halogens is 3. The van der Waals surface area contributed by atoms with Gasteiger partial charge in [0.15, 0.2) is 0 Å². The first kappa shape index (κ1) is 27.1. The molecule has 0 atom stereocenters. The average Bonchev–Trinajstić information content (AvgIpc) is 2.76. The van der Waals surface area contributed by atoms with Gasteiger partial charge in [-0.05, 0) is 30.3 Å². The SMILES string of the molecule is CN(CCNS(=O)(=O)c1cc(S(=O)(=O)c2ccccc2)ccc1C(F)(F)F)C(=O)NCC(=O)O. The molecule has 0 fully saturated rings. The number of carbonyl (C=O) groups excluding carboxylic acids is 1. The first-order valence-corrected chi connectivity index (χ1v) is 12.3. The second kappa shape index (κ2) is 10.4. The maximum Gasteiger partial charge on any atom is 0.417 e. The van der Waals surface area contributed by atoms with Crippen LogP contribution in [0.25, 0.3) is 0 Å². The van der Waals surface area contributed by atoms with Gasteiger partial charge in [-0.15, -0.1) is 0 Å². The Labute approximate surface area is 193 Å². The molecule has 0 aliphatic heterocycles. The number of nitrogens with zero attached hydrogens (tertiary/aromatic N) is 1. The van der Waals surface area contributed by atoms with E-state index in [0.29, 0.717) is 18.2 Å². The molecule has 0 spiro atoms. The van der Waals surface area contributed by atoms with E-state index in [2.05, 4.69) is 0 Å². The van der Waals surface area contributed by atoms with Crippen LogP contribution in [-0.2, 0) is 30.8 Å². The van der Waals surface area contributed by atoms with E-state index in [4.69, 9.17) is 5.11 Å². The Morgan fingerprint density at radius 3 is 2.18 bits per heavy atom. The first-order valence-electron chi connectivity index (χ1n) is 9.38. The molecule has 0 bridgehead atoms. The van der Waals surface area contributed by atoms with Crippen LogP contribution in [0.5, 0.6) is 0 Å². The van der Waals surface area contributed by atoms with Crippen LogP contribution >= 0.6 is 0 Å². The fourth-order valence-corrected chi connectivity index (χ4v) is 5.33. The minimum atomic E-state index is -5.10. The van der Waals surface area contributed by atoms with E-state index >= 15 is 0 Å². The molecule has 0 aliphatic rings. The average molecular weight is 524 g/mol. The van der Waals surface area contributed by atoms with E-state index in [1.807, 2.05) is 10.0 Å². The predicted octanol–water partition coefficient (Wildman–Crippen LogP) is 1.54. The molecule has 0 aliphatic carbocycles. The summed E-state index contributed by atoms with van der Waals surface area (Å²) < 4.78 is 93.3. The van der Waals surface area contributed by atoms with Gasteiger partial charge in [-0.1, -0.05) is 18.2 Å². The van der Waals surface area contributed by atoms with Crippen LogP contribution < -0.4 is 10.0 Å². The van der Waals surface area contributed by atoms with Gasteiger partial charge in [0.05, 0.1) is 20.2 Å². The molecular weight excluding hydrogens is 503 g/mol. The topological polar surface area (TPSA) is 150 Å². The van der Waals surface area contributed by atoms with Crippen LogP contribution in [0.4, 0.5) is 18.0 Å². The van der Waals surface area contributed by atoms with E-state index in [9.17, 15) is 39.6 Å². The minimum Gasteiger partial charge on any atom is -0.480 e. The number of sulfonamides is 1. The molecule has 2 aromatic carbocycles. The number of likely N-dealkylation sites (N-methyl/N-ethyl adjacent to an activating group) is 1. The molecule has 0 heterocycles. The fourth-order valence-electron chi connectivity index (χ4n) is 2.68. The molecule has 0 unspecified atom stereocenters. The lowest BCUT2D eigenvalue weighted by atomic mass is 10.2. The van der Waals surface area contributed by atoms with Crippen LogP contribution in [0, 0.1) is 0 Å². The van der Waals surface area contributed by atoms with Gasteiger partial charge in [0.25, 0.3) is 0 Å². The van der Waals surface area contributed by atoms with Crippen molar-refractivity contribution >= 4 is 31.9 Å². The largest absolute Gasteiger partial charge is 0.480 e. The molecule has 186 valence electrons. The number of amides is 2. The molecule has 0 saturated heterocycles. The lowest BCUT2D eigenvalue weighted by Crippen LogP contribution is -2.43. The van der Waals surface area contributed by atoms with Gasteiger partial charge in [0, 0.05) is 20.1 Å². The lowest BCUT2D eigenvalue weighted by Gasteiger charge is -2.19. The second-order valence-corrected chi connectivity index (χ2v) is 10.5. The van der Waals surface area contributed by atoms with Gasteiger partial charge in [-0.3, -0.25) is 4.79 Å². The van der Waals surface area contributed by atoms with Gasteiger partial charge < -0.3 is 15.3 Å². The number of carboxylic acid groups (broad SMARTS) is 1. The van der Waals surface area contributed by atoms with E-state index in [1.165, 1.54) is 37.4 Å². The predicted molar refractivity (Wildman–Crippen MR) is 112 cm³/mol. The van der Waals surface area contributed by atoms with Crippen LogP contribution in [0.2, 0.25) is 0 Å². The van der Waals surface area contributed by atoms with E-state index in [-0.39, 0.29) is 11.4 Å². The summed E-state index contributed by atoms with van der Waals surface area (Å²) in [4.78, 5) is 20.9. The van der Waals surface area contributed by atoms with E-state index < -0.39 is 66.5 Å². The highest BCUT2D eigenvalue weighted by atomic mass is 32.2. The fraction of sp³-hybridized carbons (Fsp3) is 0.263. The number of alkyl halides is 3.